The maximum absolute atomic E-state index is 5.37. The number of hydrogen-bond acceptors (Lipinski definition) is 1. The predicted molar refractivity (Wildman–Crippen MR) is 54.6 cm³/mol. The van der Waals surface area contributed by atoms with Crippen molar-refractivity contribution in [1.82, 2.24) is 0 Å². The Morgan fingerprint density at radius 2 is 1.92 bits per heavy atom. The summed E-state index contributed by atoms with van der Waals surface area (Å²) in [5, 5.41) is 0. The van der Waals surface area contributed by atoms with Crippen LogP contribution in [0.25, 0.3) is 0 Å². The van der Waals surface area contributed by atoms with Crippen molar-refractivity contribution in [1.29, 1.82) is 0 Å². The van der Waals surface area contributed by atoms with E-state index < -0.39 is 0 Å². The molecule has 1 nitrogen and oxygen atoms in total. The number of hydrogen-bond donors (Lipinski definition) is 0. The zero-order valence-corrected chi connectivity index (χ0v) is 8.05. The minimum Gasteiger partial charge on any atom is -0.364 e. The van der Waals surface area contributed by atoms with Crippen LogP contribution in [0.1, 0.15) is 5.56 Å². The van der Waals surface area contributed by atoms with Gasteiger partial charge in [-0.1, -0.05) is 42.2 Å². The molecule has 1 aromatic carbocycles. The summed E-state index contributed by atoms with van der Waals surface area (Å²) >= 11 is 5.37. The topological polar surface area (TPSA) is 9.23 Å². The molecule has 1 aromatic rings. The number of halogens is 1. The van der Waals surface area contributed by atoms with E-state index in [9.17, 15) is 0 Å². The smallest absolute Gasteiger partial charge is 0.108 e. The summed E-state index contributed by atoms with van der Waals surface area (Å²) < 4.78 is 5.29. The molecule has 0 aliphatic heterocycles. The Morgan fingerprint density at radius 1 is 1.15 bits per heavy atom. The van der Waals surface area contributed by atoms with E-state index in [2.05, 4.69) is 11.8 Å². The first kappa shape index (κ1) is 10.1. The van der Waals surface area contributed by atoms with Gasteiger partial charge in [-0.2, -0.15) is 0 Å². The molecular formula is C11H11ClO. The molecule has 0 saturated heterocycles. The third kappa shape index (κ3) is 4.57. The van der Waals surface area contributed by atoms with Gasteiger partial charge in [0.15, 0.2) is 0 Å². The highest BCUT2D eigenvalue weighted by Crippen LogP contribution is 1.99. The lowest BCUT2D eigenvalue weighted by Crippen LogP contribution is -1.92. The normalized spacial score (nSPS) is 9.00. The quantitative estimate of drug-likeness (QED) is 0.408. The van der Waals surface area contributed by atoms with Crippen molar-refractivity contribution in [3.63, 3.8) is 0 Å². The number of benzene rings is 1. The lowest BCUT2D eigenvalue weighted by Gasteiger charge is -1.98. The first-order valence-electron chi connectivity index (χ1n) is 4.07. The molecule has 68 valence electrons. The van der Waals surface area contributed by atoms with Crippen LogP contribution < -0.4 is 0 Å². The van der Waals surface area contributed by atoms with E-state index in [1.54, 1.807) is 0 Å². The molecule has 0 saturated carbocycles. The van der Waals surface area contributed by atoms with E-state index in [1.165, 1.54) is 0 Å². The van der Waals surface area contributed by atoms with E-state index in [-0.39, 0.29) is 0 Å². The van der Waals surface area contributed by atoms with Crippen LogP contribution >= 0.6 is 11.6 Å². The van der Waals surface area contributed by atoms with Crippen LogP contribution in [0, 0.1) is 11.8 Å². The fourth-order valence-corrected chi connectivity index (χ4v) is 0.987. The van der Waals surface area contributed by atoms with Gasteiger partial charge in [0.25, 0.3) is 0 Å². The monoisotopic (exact) mass is 194 g/mol. The lowest BCUT2D eigenvalue weighted by atomic mass is 10.2. The molecule has 0 spiro atoms. The molecule has 0 aliphatic carbocycles. The Hall–Kier alpha value is -0.970. The van der Waals surface area contributed by atoms with Gasteiger partial charge in [0.05, 0.1) is 12.5 Å². The van der Waals surface area contributed by atoms with Crippen molar-refractivity contribution in [3.8, 4) is 11.8 Å². The van der Waals surface area contributed by atoms with Gasteiger partial charge in [-0.3, -0.25) is 0 Å². The molecule has 0 N–H and O–H groups in total. The minimum atomic E-state index is 0.370. The molecule has 0 amide bonds. The molecule has 0 aliphatic rings. The van der Waals surface area contributed by atoms with Gasteiger partial charge in [0.2, 0.25) is 0 Å². The number of rotatable bonds is 3. The Kier molecular flexibility index (Phi) is 5.08. The van der Waals surface area contributed by atoms with E-state index in [0.717, 1.165) is 5.56 Å². The SMILES string of the molecule is ClCC#CCOCc1ccccc1. The predicted octanol–water partition coefficient (Wildman–Crippen LogP) is 2.45. The summed E-state index contributed by atoms with van der Waals surface area (Å²) in [6.45, 7) is 1.05. The molecule has 0 heterocycles. The fourth-order valence-electron chi connectivity index (χ4n) is 0.892. The maximum Gasteiger partial charge on any atom is 0.108 e. The van der Waals surface area contributed by atoms with Crippen LogP contribution in [0.4, 0.5) is 0 Å². The Balaban J connectivity index is 2.20. The molecular weight excluding hydrogens is 184 g/mol. The zero-order valence-electron chi connectivity index (χ0n) is 7.29. The second-order valence-electron chi connectivity index (χ2n) is 2.47. The number of ether oxygens (including phenoxy) is 1. The molecule has 0 radical (unpaired) electrons. The molecule has 2 heteroatoms. The highest BCUT2D eigenvalue weighted by Gasteiger charge is 1.88. The van der Waals surface area contributed by atoms with Gasteiger partial charge >= 0.3 is 0 Å². The zero-order chi connectivity index (χ0) is 9.36. The minimum absolute atomic E-state index is 0.370. The molecule has 0 bridgehead atoms. The van der Waals surface area contributed by atoms with E-state index in [1.807, 2.05) is 30.3 Å². The van der Waals surface area contributed by atoms with E-state index in [0.29, 0.717) is 19.1 Å². The Morgan fingerprint density at radius 3 is 2.62 bits per heavy atom. The highest BCUT2D eigenvalue weighted by molar-refractivity contribution is 6.19. The standard InChI is InChI=1S/C11H11ClO/c12-8-4-5-9-13-10-11-6-2-1-3-7-11/h1-3,6-7H,8-10H2. The molecule has 0 atom stereocenters. The van der Waals surface area contributed by atoms with Crippen LogP contribution in [0.3, 0.4) is 0 Å². The third-order valence-electron chi connectivity index (χ3n) is 1.48. The van der Waals surface area contributed by atoms with Crippen LogP contribution in [-0.2, 0) is 11.3 Å². The average Bonchev–Trinajstić information content (AvgIpc) is 2.19. The largest absolute Gasteiger partial charge is 0.364 e. The van der Waals surface area contributed by atoms with Crippen molar-refractivity contribution < 1.29 is 4.74 Å². The first-order chi connectivity index (χ1) is 6.43. The fraction of sp³-hybridized carbons (Fsp3) is 0.273. The van der Waals surface area contributed by atoms with Crippen LogP contribution in [0.5, 0.6) is 0 Å². The maximum atomic E-state index is 5.37. The average molecular weight is 195 g/mol. The molecule has 0 aromatic heterocycles. The lowest BCUT2D eigenvalue weighted by molar-refractivity contribution is 0.153. The Labute approximate surface area is 83.7 Å². The van der Waals surface area contributed by atoms with Crippen molar-refractivity contribution in [2.45, 2.75) is 6.61 Å². The molecule has 13 heavy (non-hydrogen) atoms. The van der Waals surface area contributed by atoms with E-state index >= 15 is 0 Å². The van der Waals surface area contributed by atoms with Crippen molar-refractivity contribution in [2.75, 3.05) is 12.5 Å². The summed E-state index contributed by atoms with van der Waals surface area (Å²) in [5.74, 6) is 5.90. The molecule has 0 fully saturated rings. The van der Waals surface area contributed by atoms with Gasteiger partial charge < -0.3 is 4.74 Å². The highest BCUT2D eigenvalue weighted by atomic mass is 35.5. The van der Waals surface area contributed by atoms with Crippen molar-refractivity contribution in [3.05, 3.63) is 35.9 Å². The summed E-state index contributed by atoms with van der Waals surface area (Å²) in [4.78, 5) is 0. The van der Waals surface area contributed by atoms with Gasteiger partial charge in [-0.25, -0.2) is 0 Å². The summed E-state index contributed by atoms with van der Waals surface area (Å²) in [5.41, 5.74) is 1.16. The summed E-state index contributed by atoms with van der Waals surface area (Å²) in [7, 11) is 0. The van der Waals surface area contributed by atoms with Gasteiger partial charge in [0, 0.05) is 0 Å². The van der Waals surface area contributed by atoms with E-state index in [4.69, 9.17) is 16.3 Å². The second-order valence-corrected chi connectivity index (χ2v) is 2.73. The van der Waals surface area contributed by atoms with Crippen LogP contribution in [0.15, 0.2) is 30.3 Å². The van der Waals surface area contributed by atoms with Gasteiger partial charge in [-0.05, 0) is 5.56 Å². The second kappa shape index (κ2) is 6.54. The number of alkyl halides is 1. The molecule has 0 unspecified atom stereocenters. The van der Waals surface area contributed by atoms with Gasteiger partial charge in [0.1, 0.15) is 6.61 Å². The van der Waals surface area contributed by atoms with Crippen LogP contribution in [0.2, 0.25) is 0 Å². The van der Waals surface area contributed by atoms with Crippen molar-refractivity contribution in [2.24, 2.45) is 0 Å². The van der Waals surface area contributed by atoms with Gasteiger partial charge in [-0.15, -0.1) is 11.6 Å². The van der Waals surface area contributed by atoms with Crippen LogP contribution in [-0.4, -0.2) is 12.5 Å². The van der Waals surface area contributed by atoms with Crippen molar-refractivity contribution >= 4 is 11.6 Å². The first-order valence-corrected chi connectivity index (χ1v) is 4.60. The third-order valence-corrected chi connectivity index (χ3v) is 1.61. The summed E-state index contributed by atoms with van der Waals surface area (Å²) in [6.07, 6.45) is 0. The summed E-state index contributed by atoms with van der Waals surface area (Å²) in [6, 6.07) is 10.0. The molecule has 1 rings (SSSR count). The Bertz CT molecular complexity index is 284.